The van der Waals surface area contributed by atoms with Crippen LogP contribution in [0.25, 0.3) is 0 Å². The van der Waals surface area contributed by atoms with Crippen LogP contribution in [0.15, 0.2) is 47.1 Å². The van der Waals surface area contributed by atoms with E-state index in [2.05, 4.69) is 0 Å². The molecule has 0 fully saturated rings. The molecule has 0 unspecified atom stereocenters. The number of hydrogen-bond donors (Lipinski definition) is 0. The van der Waals surface area contributed by atoms with E-state index in [1.54, 1.807) is 35.4 Å². The first-order chi connectivity index (χ1) is 13.4. The zero-order valence-electron chi connectivity index (χ0n) is 16.6. The lowest BCUT2D eigenvalue weighted by molar-refractivity contribution is -0.143. The zero-order valence-corrected chi connectivity index (χ0v) is 16.6. The molecule has 7 heteroatoms. The predicted molar refractivity (Wildman–Crippen MR) is 103 cm³/mol. The van der Waals surface area contributed by atoms with Gasteiger partial charge in [-0.2, -0.15) is 0 Å². The molecule has 1 aromatic carbocycles. The van der Waals surface area contributed by atoms with Crippen LogP contribution in [0.4, 0.5) is 4.39 Å². The van der Waals surface area contributed by atoms with Crippen LogP contribution in [0.3, 0.4) is 0 Å². The first-order valence-corrected chi connectivity index (χ1v) is 9.20. The van der Waals surface area contributed by atoms with Crippen molar-refractivity contribution in [1.82, 2.24) is 9.80 Å². The topological polar surface area (TPSA) is 63.0 Å². The van der Waals surface area contributed by atoms with Gasteiger partial charge in [-0.3, -0.25) is 9.59 Å². The third-order valence-corrected chi connectivity index (χ3v) is 4.10. The van der Waals surface area contributed by atoms with E-state index in [1.807, 2.05) is 13.8 Å². The number of carbonyl (C=O) groups excluding carboxylic acids is 2. The number of benzene rings is 1. The molecule has 0 atom stereocenters. The average molecular weight is 390 g/mol. The summed E-state index contributed by atoms with van der Waals surface area (Å²) in [5.41, 5.74) is 0.792. The molecule has 0 spiro atoms. The van der Waals surface area contributed by atoms with Gasteiger partial charge in [0.2, 0.25) is 11.8 Å². The smallest absolute Gasteiger partial charge is 0.249 e. The van der Waals surface area contributed by atoms with E-state index in [1.165, 1.54) is 24.1 Å². The molecule has 0 radical (unpaired) electrons. The molecule has 0 N–H and O–H groups in total. The van der Waals surface area contributed by atoms with Crippen molar-refractivity contribution in [3.8, 4) is 0 Å². The van der Waals surface area contributed by atoms with Gasteiger partial charge >= 0.3 is 0 Å². The van der Waals surface area contributed by atoms with E-state index >= 15 is 0 Å². The molecule has 2 amide bonds. The molecule has 0 aliphatic rings. The standard InChI is InChI=1S/C21H27FN2O4/c1-16(2)11-23(21(26)15-27-3)14-20(25)24(13-19-5-4-10-28-19)12-17-6-8-18(22)9-7-17/h4-10,16H,11-15H2,1-3H3. The minimum Gasteiger partial charge on any atom is -0.467 e. The van der Waals surface area contributed by atoms with Crippen LogP contribution in [0.5, 0.6) is 0 Å². The summed E-state index contributed by atoms with van der Waals surface area (Å²) in [4.78, 5) is 28.4. The molecular formula is C21H27FN2O4. The molecule has 2 aromatic rings. The van der Waals surface area contributed by atoms with Gasteiger partial charge in [0.05, 0.1) is 19.4 Å². The molecule has 0 bridgehead atoms. The van der Waals surface area contributed by atoms with Crippen LogP contribution in [0.2, 0.25) is 0 Å². The van der Waals surface area contributed by atoms with Gasteiger partial charge in [-0.05, 0) is 35.7 Å². The van der Waals surface area contributed by atoms with Gasteiger partial charge < -0.3 is 19.0 Å². The Morgan fingerprint density at radius 1 is 1.07 bits per heavy atom. The lowest BCUT2D eigenvalue weighted by Crippen LogP contribution is -2.45. The third kappa shape index (κ3) is 6.81. The van der Waals surface area contributed by atoms with E-state index in [4.69, 9.17) is 9.15 Å². The van der Waals surface area contributed by atoms with Crippen molar-refractivity contribution in [2.24, 2.45) is 5.92 Å². The summed E-state index contributed by atoms with van der Waals surface area (Å²) in [5.74, 6) is 0.0642. The summed E-state index contributed by atoms with van der Waals surface area (Å²) < 4.78 is 23.5. The number of furan rings is 1. The van der Waals surface area contributed by atoms with Gasteiger partial charge in [-0.25, -0.2) is 4.39 Å². The Kier molecular flexibility index (Phi) is 8.19. The summed E-state index contributed by atoms with van der Waals surface area (Å²) in [6.45, 7) is 4.84. The number of halogens is 1. The SMILES string of the molecule is COCC(=O)N(CC(=O)N(Cc1ccc(F)cc1)Cc1ccco1)CC(C)C. The van der Waals surface area contributed by atoms with Crippen molar-refractivity contribution < 1.29 is 23.1 Å². The highest BCUT2D eigenvalue weighted by Crippen LogP contribution is 2.13. The van der Waals surface area contributed by atoms with Crippen molar-refractivity contribution in [3.63, 3.8) is 0 Å². The van der Waals surface area contributed by atoms with Crippen LogP contribution >= 0.6 is 0 Å². The van der Waals surface area contributed by atoms with Crippen molar-refractivity contribution in [2.75, 3.05) is 26.8 Å². The quantitative estimate of drug-likeness (QED) is 0.625. The average Bonchev–Trinajstić information content (AvgIpc) is 3.15. The molecule has 28 heavy (non-hydrogen) atoms. The van der Waals surface area contributed by atoms with Gasteiger partial charge in [0.15, 0.2) is 0 Å². The van der Waals surface area contributed by atoms with Gasteiger partial charge in [0, 0.05) is 20.2 Å². The maximum atomic E-state index is 13.2. The molecular weight excluding hydrogens is 363 g/mol. The highest BCUT2D eigenvalue weighted by Gasteiger charge is 2.23. The highest BCUT2D eigenvalue weighted by molar-refractivity contribution is 5.85. The second-order valence-electron chi connectivity index (χ2n) is 7.06. The highest BCUT2D eigenvalue weighted by atomic mass is 19.1. The lowest BCUT2D eigenvalue weighted by Gasteiger charge is -2.28. The van der Waals surface area contributed by atoms with E-state index in [0.29, 0.717) is 12.3 Å². The first kappa shape index (κ1) is 21.6. The van der Waals surface area contributed by atoms with Crippen molar-refractivity contribution in [2.45, 2.75) is 26.9 Å². The second kappa shape index (κ2) is 10.6. The van der Waals surface area contributed by atoms with Crippen LogP contribution < -0.4 is 0 Å². The fourth-order valence-corrected chi connectivity index (χ4v) is 2.81. The summed E-state index contributed by atoms with van der Waals surface area (Å²) >= 11 is 0. The minimum absolute atomic E-state index is 0.0533. The summed E-state index contributed by atoms with van der Waals surface area (Å²) in [6, 6.07) is 9.53. The minimum atomic E-state index is -0.332. The number of ether oxygens (including phenoxy) is 1. The molecule has 152 valence electrons. The Labute approximate surface area is 164 Å². The van der Waals surface area contributed by atoms with E-state index < -0.39 is 0 Å². The third-order valence-electron chi connectivity index (χ3n) is 4.10. The van der Waals surface area contributed by atoms with Gasteiger partial charge in [0.1, 0.15) is 18.2 Å². The Bertz CT molecular complexity index is 744. The zero-order chi connectivity index (χ0) is 20.5. The molecule has 6 nitrogen and oxygen atoms in total. The molecule has 0 saturated heterocycles. The van der Waals surface area contributed by atoms with E-state index in [9.17, 15) is 14.0 Å². The molecule has 0 aliphatic carbocycles. The van der Waals surface area contributed by atoms with Gasteiger partial charge in [-0.1, -0.05) is 26.0 Å². The van der Waals surface area contributed by atoms with Crippen LogP contribution in [-0.2, 0) is 27.4 Å². The number of hydrogen-bond acceptors (Lipinski definition) is 4. The van der Waals surface area contributed by atoms with Crippen LogP contribution in [0.1, 0.15) is 25.2 Å². The van der Waals surface area contributed by atoms with Crippen LogP contribution in [0, 0.1) is 11.7 Å². The molecule has 1 aromatic heterocycles. The van der Waals surface area contributed by atoms with E-state index in [-0.39, 0.29) is 49.8 Å². The predicted octanol–water partition coefficient (Wildman–Crippen LogP) is 3.08. The lowest BCUT2D eigenvalue weighted by atomic mass is 10.2. The Morgan fingerprint density at radius 3 is 2.36 bits per heavy atom. The number of carbonyl (C=O) groups is 2. The van der Waals surface area contributed by atoms with Crippen molar-refractivity contribution in [3.05, 3.63) is 59.8 Å². The largest absolute Gasteiger partial charge is 0.467 e. The van der Waals surface area contributed by atoms with Gasteiger partial charge in [-0.15, -0.1) is 0 Å². The fraction of sp³-hybridized carbons (Fsp3) is 0.429. The molecule has 1 heterocycles. The summed E-state index contributed by atoms with van der Waals surface area (Å²) in [7, 11) is 1.45. The number of amides is 2. The van der Waals surface area contributed by atoms with Crippen molar-refractivity contribution >= 4 is 11.8 Å². The van der Waals surface area contributed by atoms with Crippen LogP contribution in [-0.4, -0.2) is 48.4 Å². The maximum absolute atomic E-state index is 13.2. The number of nitrogens with zero attached hydrogens (tertiary/aromatic N) is 2. The molecule has 0 aliphatic heterocycles. The summed E-state index contributed by atoms with van der Waals surface area (Å²) in [5, 5.41) is 0. The first-order valence-electron chi connectivity index (χ1n) is 9.20. The Hall–Kier alpha value is -2.67. The second-order valence-corrected chi connectivity index (χ2v) is 7.06. The normalized spacial score (nSPS) is 10.9. The van der Waals surface area contributed by atoms with Gasteiger partial charge in [0.25, 0.3) is 0 Å². The maximum Gasteiger partial charge on any atom is 0.249 e. The van der Waals surface area contributed by atoms with Crippen molar-refractivity contribution in [1.29, 1.82) is 0 Å². The number of rotatable bonds is 10. The Balaban J connectivity index is 2.15. The monoisotopic (exact) mass is 390 g/mol. The molecule has 2 rings (SSSR count). The molecule has 0 saturated carbocycles. The number of methoxy groups -OCH3 is 1. The van der Waals surface area contributed by atoms with E-state index in [0.717, 1.165) is 5.56 Å². The Morgan fingerprint density at radius 2 is 1.79 bits per heavy atom. The summed E-state index contributed by atoms with van der Waals surface area (Å²) in [6.07, 6.45) is 1.54. The fourth-order valence-electron chi connectivity index (χ4n) is 2.81.